The summed E-state index contributed by atoms with van der Waals surface area (Å²) < 4.78 is 5.43. The predicted octanol–water partition coefficient (Wildman–Crippen LogP) is 7.82. The van der Waals surface area contributed by atoms with Crippen LogP contribution in [0.1, 0.15) is 77.2 Å². The van der Waals surface area contributed by atoms with E-state index in [4.69, 9.17) is 4.74 Å². The lowest BCUT2D eigenvalue weighted by Crippen LogP contribution is -2.07. The molecule has 1 aliphatic carbocycles. The van der Waals surface area contributed by atoms with Crippen molar-refractivity contribution in [2.24, 2.45) is 5.92 Å². The topological polar surface area (TPSA) is 26.3 Å². The van der Waals surface area contributed by atoms with Gasteiger partial charge in [0, 0.05) is 6.42 Å². The van der Waals surface area contributed by atoms with E-state index in [0.717, 1.165) is 30.7 Å². The molecule has 0 spiro atoms. The molecule has 0 amide bonds. The molecule has 2 nitrogen and oxygen atoms in total. The van der Waals surface area contributed by atoms with E-state index in [0.29, 0.717) is 12.2 Å². The average Bonchev–Trinajstić information content (AvgIpc) is 2.75. The summed E-state index contributed by atoms with van der Waals surface area (Å²) in [6, 6.07) is 16.7. The maximum atomic E-state index is 11.9. The first-order chi connectivity index (χ1) is 14.2. The number of hydrogen-bond donors (Lipinski definition) is 0. The predicted molar refractivity (Wildman–Crippen MR) is 122 cm³/mol. The minimum atomic E-state index is -0.141. The van der Waals surface area contributed by atoms with Gasteiger partial charge in [0.25, 0.3) is 0 Å². The molecule has 0 aromatic heterocycles. The fourth-order valence-corrected chi connectivity index (χ4v) is 4.12. The number of hydrogen-bond acceptors (Lipinski definition) is 2. The Labute approximate surface area is 176 Å². The Kier molecular flexibility index (Phi) is 8.10. The van der Waals surface area contributed by atoms with E-state index in [2.05, 4.69) is 44.2 Å². The van der Waals surface area contributed by atoms with Crippen LogP contribution in [-0.4, -0.2) is 5.97 Å². The van der Waals surface area contributed by atoms with Crippen LogP contribution in [0.25, 0.3) is 16.7 Å². The SMILES string of the molecule is CCCCCC(=O)Oc1ccc(-c2ccc(C3=CCC(CCC)CC3)cc2)cc1. The smallest absolute Gasteiger partial charge is 0.311 e. The van der Waals surface area contributed by atoms with Gasteiger partial charge in [0.05, 0.1) is 0 Å². The third-order valence-electron chi connectivity index (χ3n) is 5.88. The van der Waals surface area contributed by atoms with Crippen molar-refractivity contribution < 1.29 is 9.53 Å². The Hall–Kier alpha value is -2.35. The highest BCUT2D eigenvalue weighted by atomic mass is 16.5. The van der Waals surface area contributed by atoms with E-state index in [1.807, 2.05) is 24.3 Å². The molecule has 0 aliphatic heterocycles. The molecule has 2 heteroatoms. The van der Waals surface area contributed by atoms with E-state index in [9.17, 15) is 4.79 Å². The standard InChI is InChI=1S/C27H34O2/c1-3-5-6-8-27(28)29-26-19-17-25(18-20-26)24-15-13-23(14-16-24)22-11-9-21(7-4-2)10-12-22/h11,13-21H,3-10,12H2,1-2H3. The number of carbonyl (C=O) groups is 1. The van der Waals surface area contributed by atoms with Crippen LogP contribution in [0, 0.1) is 5.92 Å². The Morgan fingerprint density at radius 1 is 0.897 bits per heavy atom. The van der Waals surface area contributed by atoms with E-state index < -0.39 is 0 Å². The lowest BCUT2D eigenvalue weighted by atomic mass is 9.84. The van der Waals surface area contributed by atoms with Crippen molar-refractivity contribution in [3.8, 4) is 16.9 Å². The van der Waals surface area contributed by atoms with Crippen LogP contribution in [0.15, 0.2) is 54.6 Å². The first-order valence-corrected chi connectivity index (χ1v) is 11.3. The highest BCUT2D eigenvalue weighted by molar-refractivity contribution is 5.73. The summed E-state index contributed by atoms with van der Waals surface area (Å²) in [6.07, 6.45) is 12.4. The number of carbonyl (C=O) groups excluding carboxylic acids is 1. The van der Waals surface area contributed by atoms with Gasteiger partial charge >= 0.3 is 5.97 Å². The minimum Gasteiger partial charge on any atom is -0.427 e. The molecule has 0 radical (unpaired) electrons. The monoisotopic (exact) mass is 390 g/mol. The van der Waals surface area contributed by atoms with Gasteiger partial charge in [-0.25, -0.2) is 0 Å². The van der Waals surface area contributed by atoms with E-state index in [1.165, 1.54) is 48.8 Å². The van der Waals surface area contributed by atoms with Gasteiger partial charge in [-0.15, -0.1) is 0 Å². The van der Waals surface area contributed by atoms with E-state index >= 15 is 0 Å². The second-order valence-electron chi connectivity index (χ2n) is 8.19. The van der Waals surface area contributed by atoms with Crippen LogP contribution in [0.3, 0.4) is 0 Å². The van der Waals surface area contributed by atoms with Crippen molar-refractivity contribution in [2.75, 3.05) is 0 Å². The maximum absolute atomic E-state index is 11.9. The summed E-state index contributed by atoms with van der Waals surface area (Å²) in [7, 11) is 0. The molecule has 154 valence electrons. The first-order valence-electron chi connectivity index (χ1n) is 11.3. The van der Waals surface area contributed by atoms with Crippen molar-refractivity contribution in [1.82, 2.24) is 0 Å². The highest BCUT2D eigenvalue weighted by Gasteiger charge is 2.14. The van der Waals surface area contributed by atoms with Crippen molar-refractivity contribution >= 4 is 11.5 Å². The number of esters is 1. The Balaban J connectivity index is 1.58. The molecule has 0 N–H and O–H groups in total. The van der Waals surface area contributed by atoms with Crippen LogP contribution in [0.4, 0.5) is 0 Å². The minimum absolute atomic E-state index is 0.141. The quantitative estimate of drug-likeness (QED) is 0.248. The van der Waals surface area contributed by atoms with Gasteiger partial charge < -0.3 is 4.74 Å². The molecule has 0 saturated heterocycles. The molecule has 1 atom stereocenters. The molecule has 0 heterocycles. The summed E-state index contributed by atoms with van der Waals surface area (Å²) >= 11 is 0. The van der Waals surface area contributed by atoms with Gasteiger partial charge in [-0.2, -0.15) is 0 Å². The Bertz CT molecular complexity index is 799. The first kappa shape index (κ1) is 21.4. The second kappa shape index (κ2) is 11.0. The van der Waals surface area contributed by atoms with E-state index in [1.54, 1.807) is 0 Å². The number of unbranched alkanes of at least 4 members (excludes halogenated alkanes) is 2. The van der Waals surface area contributed by atoms with Crippen LogP contribution < -0.4 is 4.74 Å². The maximum Gasteiger partial charge on any atom is 0.311 e. The molecular weight excluding hydrogens is 356 g/mol. The molecule has 0 fully saturated rings. The van der Waals surface area contributed by atoms with Gasteiger partial charge in [-0.3, -0.25) is 4.79 Å². The lowest BCUT2D eigenvalue weighted by Gasteiger charge is -2.21. The molecule has 1 unspecified atom stereocenters. The van der Waals surface area contributed by atoms with Gasteiger partial charge in [0.15, 0.2) is 0 Å². The fourth-order valence-electron chi connectivity index (χ4n) is 4.12. The number of ether oxygens (including phenoxy) is 1. The van der Waals surface area contributed by atoms with Gasteiger partial charge in [-0.1, -0.05) is 82.0 Å². The molecule has 2 aromatic rings. The van der Waals surface area contributed by atoms with Crippen LogP contribution in [0.5, 0.6) is 5.75 Å². The Morgan fingerprint density at radius 2 is 1.55 bits per heavy atom. The van der Waals surface area contributed by atoms with Gasteiger partial charge in [0.2, 0.25) is 0 Å². The van der Waals surface area contributed by atoms with Gasteiger partial charge in [0.1, 0.15) is 5.75 Å². The molecular formula is C27H34O2. The van der Waals surface area contributed by atoms with Crippen molar-refractivity contribution in [3.05, 3.63) is 60.2 Å². The van der Waals surface area contributed by atoms with Crippen LogP contribution >= 0.6 is 0 Å². The largest absolute Gasteiger partial charge is 0.427 e. The second-order valence-corrected chi connectivity index (χ2v) is 8.19. The van der Waals surface area contributed by atoms with E-state index in [-0.39, 0.29) is 5.97 Å². The summed E-state index contributed by atoms with van der Waals surface area (Å²) in [4.78, 5) is 11.9. The molecule has 29 heavy (non-hydrogen) atoms. The average molecular weight is 391 g/mol. The highest BCUT2D eigenvalue weighted by Crippen LogP contribution is 2.33. The molecule has 2 aromatic carbocycles. The van der Waals surface area contributed by atoms with Crippen molar-refractivity contribution in [3.63, 3.8) is 0 Å². The molecule has 1 aliphatic rings. The van der Waals surface area contributed by atoms with Crippen LogP contribution in [-0.2, 0) is 4.79 Å². The zero-order valence-corrected chi connectivity index (χ0v) is 18.0. The summed E-state index contributed by atoms with van der Waals surface area (Å²) in [6.45, 7) is 4.41. The number of allylic oxidation sites excluding steroid dienone is 2. The molecule has 0 saturated carbocycles. The summed E-state index contributed by atoms with van der Waals surface area (Å²) in [5.41, 5.74) is 5.17. The molecule has 3 rings (SSSR count). The summed E-state index contributed by atoms with van der Waals surface area (Å²) in [5.74, 6) is 1.36. The third-order valence-corrected chi connectivity index (χ3v) is 5.88. The Morgan fingerprint density at radius 3 is 2.14 bits per heavy atom. The number of rotatable bonds is 9. The van der Waals surface area contributed by atoms with Crippen molar-refractivity contribution in [1.29, 1.82) is 0 Å². The van der Waals surface area contributed by atoms with Gasteiger partial charge in [-0.05, 0) is 66.0 Å². The zero-order chi connectivity index (χ0) is 20.5. The number of benzene rings is 2. The molecule has 0 bridgehead atoms. The normalized spacial score (nSPS) is 16.3. The lowest BCUT2D eigenvalue weighted by molar-refractivity contribution is -0.134. The zero-order valence-electron chi connectivity index (χ0n) is 18.0. The summed E-state index contributed by atoms with van der Waals surface area (Å²) in [5, 5.41) is 0. The third kappa shape index (κ3) is 6.32. The fraction of sp³-hybridized carbons (Fsp3) is 0.444. The van der Waals surface area contributed by atoms with Crippen molar-refractivity contribution in [2.45, 2.75) is 71.6 Å². The van der Waals surface area contributed by atoms with Crippen LogP contribution in [0.2, 0.25) is 0 Å².